The molecule has 1 N–H and O–H groups in total. The van der Waals surface area contributed by atoms with E-state index in [2.05, 4.69) is 34.1 Å². The average Bonchev–Trinajstić information content (AvgIpc) is 2.54. The smallest absolute Gasteiger partial charge is 0.0900 e. The first-order chi connectivity index (χ1) is 11.3. The maximum atomic E-state index is 10.1. The van der Waals surface area contributed by atoms with Gasteiger partial charge in [0.1, 0.15) is 0 Å². The number of aliphatic hydroxyl groups excluding tert-OH is 1. The molecule has 0 aromatic heterocycles. The van der Waals surface area contributed by atoms with E-state index < -0.39 is 6.10 Å². The van der Waals surface area contributed by atoms with Crippen molar-refractivity contribution in [2.75, 3.05) is 51.4 Å². The number of likely N-dealkylation sites (N-methyl/N-ethyl adjacent to an activating group) is 1. The third kappa shape index (κ3) is 6.77. The van der Waals surface area contributed by atoms with Gasteiger partial charge in [-0.3, -0.25) is 4.90 Å². The second-order valence-corrected chi connectivity index (χ2v) is 7.54. The van der Waals surface area contributed by atoms with Crippen LogP contribution in [0.5, 0.6) is 0 Å². The van der Waals surface area contributed by atoms with Gasteiger partial charge >= 0.3 is 0 Å². The van der Waals surface area contributed by atoms with Gasteiger partial charge in [-0.1, -0.05) is 12.1 Å². The van der Waals surface area contributed by atoms with Crippen molar-refractivity contribution < 1.29 is 14.6 Å². The molecule has 136 valence electrons. The summed E-state index contributed by atoms with van der Waals surface area (Å²) in [5, 5.41) is 10.1. The van der Waals surface area contributed by atoms with Crippen LogP contribution >= 0.6 is 0 Å². The molecular weight excluding hydrogens is 304 g/mol. The predicted octanol–water partition coefficient (Wildman–Crippen LogP) is 2.13. The quantitative estimate of drug-likeness (QED) is 0.826. The van der Waals surface area contributed by atoms with E-state index in [1.807, 2.05) is 27.8 Å². The summed E-state index contributed by atoms with van der Waals surface area (Å²) in [6, 6.07) is 8.68. The first-order valence-corrected chi connectivity index (χ1v) is 8.76. The standard InChI is InChI=1S/C19H32N2O3/c1-19(2,3)24-15-18(22)14-20(4)13-16-5-7-17(8-6-16)21-9-11-23-12-10-21/h5-8,18,22H,9-15H2,1-4H3. The second kappa shape index (κ2) is 8.81. The Morgan fingerprint density at radius 1 is 1.21 bits per heavy atom. The van der Waals surface area contributed by atoms with E-state index in [4.69, 9.17) is 9.47 Å². The monoisotopic (exact) mass is 336 g/mol. The highest BCUT2D eigenvalue weighted by atomic mass is 16.5. The summed E-state index contributed by atoms with van der Waals surface area (Å²) < 4.78 is 11.0. The molecular formula is C19H32N2O3. The molecule has 1 aliphatic heterocycles. The second-order valence-electron chi connectivity index (χ2n) is 7.54. The van der Waals surface area contributed by atoms with E-state index >= 15 is 0 Å². The minimum atomic E-state index is -0.471. The van der Waals surface area contributed by atoms with Crippen molar-refractivity contribution in [2.45, 2.75) is 39.0 Å². The molecule has 0 spiro atoms. The highest BCUT2D eigenvalue weighted by Gasteiger charge is 2.15. The first kappa shape index (κ1) is 19.2. The molecule has 1 fully saturated rings. The van der Waals surface area contributed by atoms with E-state index in [9.17, 15) is 5.11 Å². The van der Waals surface area contributed by atoms with Crippen molar-refractivity contribution in [3.05, 3.63) is 29.8 Å². The zero-order valence-corrected chi connectivity index (χ0v) is 15.5. The molecule has 1 saturated heterocycles. The molecule has 0 aliphatic carbocycles. The lowest BCUT2D eigenvalue weighted by Crippen LogP contribution is -2.36. The number of hydrogen-bond acceptors (Lipinski definition) is 5. The zero-order chi connectivity index (χ0) is 17.6. The molecule has 1 unspecified atom stereocenters. The van der Waals surface area contributed by atoms with Crippen LogP contribution in [-0.4, -0.2) is 68.2 Å². The lowest BCUT2D eigenvalue weighted by molar-refractivity contribution is -0.0550. The van der Waals surface area contributed by atoms with Gasteiger partial charge in [-0.25, -0.2) is 0 Å². The van der Waals surface area contributed by atoms with Crippen LogP contribution in [0.2, 0.25) is 0 Å². The molecule has 1 heterocycles. The maximum absolute atomic E-state index is 10.1. The first-order valence-electron chi connectivity index (χ1n) is 8.76. The summed E-state index contributed by atoms with van der Waals surface area (Å²) in [7, 11) is 2.02. The van der Waals surface area contributed by atoms with Crippen molar-refractivity contribution >= 4 is 5.69 Å². The fourth-order valence-electron chi connectivity index (χ4n) is 2.77. The Morgan fingerprint density at radius 2 is 1.83 bits per heavy atom. The normalized spacial score (nSPS) is 17.3. The summed E-state index contributed by atoms with van der Waals surface area (Å²) in [5.41, 5.74) is 2.29. The summed E-state index contributed by atoms with van der Waals surface area (Å²) in [6.45, 7) is 11.3. The largest absolute Gasteiger partial charge is 0.389 e. The number of morpholine rings is 1. The lowest BCUT2D eigenvalue weighted by atomic mass is 10.1. The van der Waals surface area contributed by atoms with Crippen LogP contribution in [0.3, 0.4) is 0 Å². The van der Waals surface area contributed by atoms with Crippen LogP contribution in [0.1, 0.15) is 26.3 Å². The Bertz CT molecular complexity index is 478. The van der Waals surface area contributed by atoms with Crippen molar-refractivity contribution in [2.24, 2.45) is 0 Å². The van der Waals surface area contributed by atoms with E-state index in [0.29, 0.717) is 13.2 Å². The van der Waals surface area contributed by atoms with Gasteiger partial charge in [0, 0.05) is 31.9 Å². The Kier molecular flexibility index (Phi) is 7.04. The van der Waals surface area contributed by atoms with Gasteiger partial charge in [0.15, 0.2) is 0 Å². The average molecular weight is 336 g/mol. The number of anilines is 1. The summed E-state index contributed by atoms with van der Waals surface area (Å²) in [5.74, 6) is 0. The Labute approximate surface area is 146 Å². The molecule has 0 bridgehead atoms. The molecule has 5 nitrogen and oxygen atoms in total. The third-order valence-electron chi connectivity index (χ3n) is 4.00. The van der Waals surface area contributed by atoms with Crippen LogP contribution < -0.4 is 4.90 Å². The van der Waals surface area contributed by atoms with Crippen LogP contribution in [0.25, 0.3) is 0 Å². The van der Waals surface area contributed by atoms with Crippen molar-refractivity contribution in [3.63, 3.8) is 0 Å². The summed E-state index contributed by atoms with van der Waals surface area (Å²) in [4.78, 5) is 4.48. The van der Waals surface area contributed by atoms with E-state index in [1.54, 1.807) is 0 Å². The molecule has 0 saturated carbocycles. The molecule has 1 aliphatic rings. The molecule has 5 heteroatoms. The van der Waals surface area contributed by atoms with Gasteiger partial charge in [-0.2, -0.15) is 0 Å². The SMILES string of the molecule is CN(Cc1ccc(N2CCOCC2)cc1)CC(O)COC(C)(C)C. The van der Waals surface area contributed by atoms with Gasteiger partial charge in [0.25, 0.3) is 0 Å². The number of rotatable bonds is 7. The van der Waals surface area contributed by atoms with Crippen LogP contribution in [0.15, 0.2) is 24.3 Å². The molecule has 1 atom stereocenters. The third-order valence-corrected chi connectivity index (χ3v) is 4.00. The summed E-state index contributed by atoms with van der Waals surface area (Å²) >= 11 is 0. The molecule has 1 aromatic rings. The minimum absolute atomic E-state index is 0.213. The van der Waals surface area contributed by atoms with Crippen molar-refractivity contribution in [1.29, 1.82) is 0 Å². The van der Waals surface area contributed by atoms with Gasteiger partial charge in [-0.05, 0) is 45.5 Å². The number of hydrogen-bond donors (Lipinski definition) is 1. The molecule has 2 rings (SSSR count). The fraction of sp³-hybridized carbons (Fsp3) is 0.684. The van der Waals surface area contributed by atoms with Crippen LogP contribution in [-0.2, 0) is 16.0 Å². The van der Waals surface area contributed by atoms with Crippen molar-refractivity contribution in [1.82, 2.24) is 4.90 Å². The van der Waals surface area contributed by atoms with Crippen molar-refractivity contribution in [3.8, 4) is 0 Å². The van der Waals surface area contributed by atoms with E-state index in [0.717, 1.165) is 32.8 Å². The number of aliphatic hydroxyl groups is 1. The Morgan fingerprint density at radius 3 is 2.42 bits per heavy atom. The molecule has 1 aromatic carbocycles. The zero-order valence-electron chi connectivity index (χ0n) is 15.5. The minimum Gasteiger partial charge on any atom is -0.389 e. The van der Waals surface area contributed by atoms with Crippen LogP contribution in [0.4, 0.5) is 5.69 Å². The predicted molar refractivity (Wildman–Crippen MR) is 97.5 cm³/mol. The Hall–Kier alpha value is -1.14. The van der Waals surface area contributed by atoms with Crippen LogP contribution in [0, 0.1) is 0 Å². The highest BCUT2D eigenvalue weighted by molar-refractivity contribution is 5.47. The van der Waals surface area contributed by atoms with Gasteiger partial charge in [-0.15, -0.1) is 0 Å². The summed E-state index contributed by atoms with van der Waals surface area (Å²) in [6.07, 6.45) is -0.471. The van der Waals surface area contributed by atoms with Gasteiger partial charge in [0.2, 0.25) is 0 Å². The van der Waals surface area contributed by atoms with E-state index in [-0.39, 0.29) is 5.60 Å². The molecule has 0 amide bonds. The fourth-order valence-corrected chi connectivity index (χ4v) is 2.77. The number of nitrogens with zero attached hydrogens (tertiary/aromatic N) is 2. The molecule has 24 heavy (non-hydrogen) atoms. The number of ether oxygens (including phenoxy) is 2. The van der Waals surface area contributed by atoms with Gasteiger partial charge < -0.3 is 19.5 Å². The molecule has 0 radical (unpaired) electrons. The van der Waals surface area contributed by atoms with Gasteiger partial charge in [0.05, 0.1) is 31.5 Å². The number of benzene rings is 1. The topological polar surface area (TPSA) is 45.2 Å². The van der Waals surface area contributed by atoms with E-state index in [1.165, 1.54) is 11.3 Å². The maximum Gasteiger partial charge on any atom is 0.0900 e. The Balaban J connectivity index is 1.77. The highest BCUT2D eigenvalue weighted by Crippen LogP contribution is 2.17. The lowest BCUT2D eigenvalue weighted by Gasteiger charge is -2.29.